The van der Waals surface area contributed by atoms with E-state index in [1.807, 2.05) is 0 Å². The van der Waals surface area contributed by atoms with Crippen LogP contribution in [0.5, 0.6) is 17.2 Å². The predicted octanol–water partition coefficient (Wildman–Crippen LogP) is 4.43. The van der Waals surface area contributed by atoms with E-state index < -0.39 is 29.5 Å². The number of aromatic nitrogens is 3. The molecule has 0 aliphatic carbocycles. The number of anilines is 1. The summed E-state index contributed by atoms with van der Waals surface area (Å²) in [6.07, 6.45) is 1.54. The molecule has 3 aromatic carbocycles. The minimum Gasteiger partial charge on any atom is -0.497 e. The molecule has 0 aliphatic rings. The number of hydrogen-bond acceptors (Lipinski definition) is 7. The van der Waals surface area contributed by atoms with Crippen molar-refractivity contribution in [3.63, 3.8) is 0 Å². The van der Waals surface area contributed by atoms with Crippen molar-refractivity contribution >= 4 is 22.5 Å². The topological polar surface area (TPSA) is 128 Å². The third-order valence-corrected chi connectivity index (χ3v) is 6.78. The van der Waals surface area contributed by atoms with Crippen LogP contribution in [0.3, 0.4) is 0 Å². The summed E-state index contributed by atoms with van der Waals surface area (Å²) in [5.41, 5.74) is -0.941. The van der Waals surface area contributed by atoms with Crippen LogP contribution in [0, 0.1) is 12.7 Å². The first-order valence-electron chi connectivity index (χ1n) is 13.0. The second-order valence-electron chi connectivity index (χ2n) is 10.0. The number of carbonyl (C=O) groups excluding carboxylic acids is 1. The highest BCUT2D eigenvalue weighted by Crippen LogP contribution is 2.33. The lowest BCUT2D eigenvalue weighted by atomic mass is 10.1. The second kappa shape index (κ2) is 11.5. The van der Waals surface area contributed by atoms with E-state index >= 15 is 4.39 Å². The lowest BCUT2D eigenvalue weighted by Gasteiger charge is -2.24. The third kappa shape index (κ3) is 5.60. The van der Waals surface area contributed by atoms with Crippen LogP contribution in [0.2, 0.25) is 0 Å². The van der Waals surface area contributed by atoms with Crippen molar-refractivity contribution in [2.24, 2.45) is 0 Å². The molecule has 0 bridgehead atoms. The molecule has 0 fully saturated rings. The van der Waals surface area contributed by atoms with Crippen LogP contribution in [-0.4, -0.2) is 49.8 Å². The highest BCUT2D eigenvalue weighted by Gasteiger charge is 2.29. The smallest absolute Gasteiger partial charge is 0.284 e. The van der Waals surface area contributed by atoms with Gasteiger partial charge >= 0.3 is 0 Å². The molecule has 0 saturated heterocycles. The minimum atomic E-state index is -1.56. The number of aliphatic hydroxyl groups is 2. The highest BCUT2D eigenvalue weighted by atomic mass is 19.1. The van der Waals surface area contributed by atoms with Gasteiger partial charge < -0.3 is 25.0 Å². The Hall–Kier alpha value is -5.00. The van der Waals surface area contributed by atoms with Crippen molar-refractivity contribution in [2.45, 2.75) is 26.0 Å². The number of ether oxygens (including phenoxy) is 2. The molecule has 5 aromatic rings. The van der Waals surface area contributed by atoms with E-state index in [4.69, 9.17) is 9.47 Å². The number of amides is 1. The Labute approximate surface area is 240 Å². The summed E-state index contributed by atoms with van der Waals surface area (Å²) in [6.45, 7) is 2.26. The van der Waals surface area contributed by atoms with E-state index in [2.05, 4.69) is 10.3 Å². The highest BCUT2D eigenvalue weighted by molar-refractivity contribution is 6.05. The van der Waals surface area contributed by atoms with Gasteiger partial charge in [0.2, 0.25) is 0 Å². The lowest BCUT2D eigenvalue weighted by Crippen LogP contribution is -2.37. The van der Waals surface area contributed by atoms with Crippen LogP contribution in [-0.2, 0) is 6.54 Å². The number of halogens is 1. The molecule has 3 N–H and O–H groups in total. The van der Waals surface area contributed by atoms with Crippen LogP contribution in [0.4, 0.5) is 10.1 Å². The number of nitrogens with one attached hydrogen (secondary N) is 1. The molecule has 1 atom stereocenters. The lowest BCUT2D eigenvalue weighted by molar-refractivity contribution is -0.0165. The summed E-state index contributed by atoms with van der Waals surface area (Å²) in [5.74, 6) is -0.557. The summed E-state index contributed by atoms with van der Waals surface area (Å²) in [6, 6.07) is 19.4. The Bertz CT molecular complexity index is 1830. The van der Waals surface area contributed by atoms with Crippen LogP contribution < -0.4 is 20.3 Å². The Balaban J connectivity index is 1.44. The average Bonchev–Trinajstić information content (AvgIpc) is 3.22. The molecule has 2 heterocycles. The van der Waals surface area contributed by atoms with Crippen LogP contribution in [0.15, 0.2) is 83.8 Å². The maximum atomic E-state index is 15.1. The predicted molar refractivity (Wildman–Crippen MR) is 155 cm³/mol. The standard InChI is InChI=1S/C31H29FN4O6/c1-19-28(30(39)36(21-7-5-4-6-8-21)35(19)17-31(2,40)18-37)29(38)34-20-9-12-27(24(32)15-20)42-26-13-14-33-25-16-22(41-3)10-11-23(25)26/h4-16,37,40H,17-18H2,1-3H3,(H,34,38). The summed E-state index contributed by atoms with van der Waals surface area (Å²) < 4.78 is 28.9. The van der Waals surface area contributed by atoms with E-state index in [0.717, 1.165) is 6.07 Å². The first-order chi connectivity index (χ1) is 20.1. The SMILES string of the molecule is COc1ccc2c(Oc3ccc(NC(=O)c4c(C)n(CC(C)(O)CO)n(-c5ccccc5)c4=O)cc3F)ccnc2c1. The molecule has 1 amide bonds. The van der Waals surface area contributed by atoms with E-state index in [9.17, 15) is 19.8 Å². The van der Waals surface area contributed by atoms with E-state index in [1.165, 1.54) is 28.4 Å². The Morgan fingerprint density at radius 1 is 1.07 bits per heavy atom. The fourth-order valence-corrected chi connectivity index (χ4v) is 4.59. The number of methoxy groups -OCH3 is 1. The van der Waals surface area contributed by atoms with Gasteiger partial charge in [-0.1, -0.05) is 18.2 Å². The quantitative estimate of drug-likeness (QED) is 0.238. The molecule has 11 heteroatoms. The van der Waals surface area contributed by atoms with Gasteiger partial charge in [-0.15, -0.1) is 0 Å². The van der Waals surface area contributed by atoms with Gasteiger partial charge in [-0.25, -0.2) is 9.07 Å². The zero-order chi connectivity index (χ0) is 30.0. The van der Waals surface area contributed by atoms with Crippen molar-refractivity contribution in [1.82, 2.24) is 14.3 Å². The average molecular weight is 573 g/mol. The zero-order valence-corrected chi connectivity index (χ0v) is 23.2. The minimum absolute atomic E-state index is 0.0729. The van der Waals surface area contributed by atoms with Crippen molar-refractivity contribution < 1.29 is 28.9 Å². The van der Waals surface area contributed by atoms with Gasteiger partial charge in [0.05, 0.1) is 37.2 Å². The fourth-order valence-electron chi connectivity index (χ4n) is 4.59. The second-order valence-corrected chi connectivity index (χ2v) is 10.0. The molecule has 0 spiro atoms. The molecule has 1 unspecified atom stereocenters. The van der Waals surface area contributed by atoms with Gasteiger partial charge in [-0.05, 0) is 56.3 Å². The van der Waals surface area contributed by atoms with Crippen LogP contribution in [0.25, 0.3) is 16.6 Å². The normalized spacial score (nSPS) is 12.6. The number of aliphatic hydroxyl groups excluding tert-OH is 1. The first kappa shape index (κ1) is 28.5. The number of benzene rings is 3. The van der Waals surface area contributed by atoms with Crippen molar-refractivity contribution in [2.75, 3.05) is 19.0 Å². The zero-order valence-electron chi connectivity index (χ0n) is 23.2. The van der Waals surface area contributed by atoms with Gasteiger partial charge in [0.15, 0.2) is 11.6 Å². The number of hydrogen-bond donors (Lipinski definition) is 3. The molecule has 0 saturated carbocycles. The Morgan fingerprint density at radius 2 is 1.83 bits per heavy atom. The summed E-state index contributed by atoms with van der Waals surface area (Å²) >= 11 is 0. The van der Waals surface area contributed by atoms with Gasteiger partial charge in [0.25, 0.3) is 11.5 Å². The maximum absolute atomic E-state index is 15.1. The molecule has 2 aromatic heterocycles. The number of pyridine rings is 1. The number of rotatable bonds is 9. The molecule has 42 heavy (non-hydrogen) atoms. The molecule has 5 rings (SSSR count). The van der Waals surface area contributed by atoms with Crippen LogP contribution >= 0.6 is 0 Å². The summed E-state index contributed by atoms with van der Waals surface area (Å²) in [4.78, 5) is 31.2. The number of para-hydroxylation sites is 1. The van der Waals surface area contributed by atoms with E-state index in [-0.39, 0.29) is 29.2 Å². The number of carbonyl (C=O) groups is 1. The molecule has 0 radical (unpaired) electrons. The van der Waals surface area contributed by atoms with E-state index in [1.54, 1.807) is 74.8 Å². The molecule has 10 nitrogen and oxygen atoms in total. The first-order valence-corrected chi connectivity index (χ1v) is 13.0. The fraction of sp³-hybridized carbons (Fsp3) is 0.194. The van der Waals surface area contributed by atoms with Gasteiger partial charge in [0, 0.05) is 29.4 Å². The Kier molecular flexibility index (Phi) is 7.79. The van der Waals surface area contributed by atoms with Crippen molar-refractivity contribution in [1.29, 1.82) is 0 Å². The Morgan fingerprint density at radius 3 is 2.52 bits per heavy atom. The maximum Gasteiger partial charge on any atom is 0.284 e. The van der Waals surface area contributed by atoms with Gasteiger partial charge in [-0.3, -0.25) is 19.3 Å². The monoisotopic (exact) mass is 572 g/mol. The third-order valence-electron chi connectivity index (χ3n) is 6.78. The molecule has 0 aliphatic heterocycles. The van der Waals surface area contributed by atoms with Gasteiger partial charge in [-0.2, -0.15) is 0 Å². The number of nitrogens with zero attached hydrogens (tertiary/aromatic N) is 3. The van der Waals surface area contributed by atoms with Crippen molar-refractivity contribution in [3.05, 3.63) is 106 Å². The van der Waals surface area contributed by atoms with Gasteiger partial charge in [0.1, 0.15) is 22.7 Å². The van der Waals surface area contributed by atoms with E-state index in [0.29, 0.717) is 28.1 Å². The molecular weight excluding hydrogens is 543 g/mol. The number of fused-ring (bicyclic) bond motifs is 1. The largest absolute Gasteiger partial charge is 0.497 e. The summed E-state index contributed by atoms with van der Waals surface area (Å²) in [5, 5.41) is 23.4. The van der Waals surface area contributed by atoms with Crippen molar-refractivity contribution in [3.8, 4) is 22.9 Å². The summed E-state index contributed by atoms with van der Waals surface area (Å²) in [7, 11) is 1.55. The van der Waals surface area contributed by atoms with Crippen LogP contribution in [0.1, 0.15) is 23.0 Å². The molecule has 216 valence electrons. The molecular formula is C31H29FN4O6.